The standard InChI is InChI=1S/C8H9NO5S/c9-6-3-5(15(10,11)12)4-7-8(6)14-2-1-13-7/h3-4H,1-2,9H2,(H,10,11,12). The first-order chi connectivity index (χ1) is 6.98. The Hall–Kier alpha value is -1.47. The highest BCUT2D eigenvalue weighted by atomic mass is 32.2. The zero-order chi connectivity index (χ0) is 11.1. The summed E-state index contributed by atoms with van der Waals surface area (Å²) in [6, 6.07) is 2.31. The lowest BCUT2D eigenvalue weighted by Crippen LogP contribution is -2.17. The molecule has 0 spiro atoms. The summed E-state index contributed by atoms with van der Waals surface area (Å²) in [4.78, 5) is -0.302. The van der Waals surface area contributed by atoms with Gasteiger partial charge in [0.05, 0.1) is 10.6 Å². The molecule has 0 amide bonds. The molecule has 82 valence electrons. The van der Waals surface area contributed by atoms with Gasteiger partial charge >= 0.3 is 0 Å². The monoisotopic (exact) mass is 231 g/mol. The molecule has 0 aromatic heterocycles. The Balaban J connectivity index is 2.60. The summed E-state index contributed by atoms with van der Waals surface area (Å²) >= 11 is 0. The van der Waals surface area contributed by atoms with Gasteiger partial charge in [0.25, 0.3) is 10.1 Å². The van der Waals surface area contributed by atoms with Gasteiger partial charge in [0.15, 0.2) is 11.5 Å². The summed E-state index contributed by atoms with van der Waals surface area (Å²) in [6.45, 7) is 0.684. The number of nitrogens with two attached hydrogens (primary N) is 1. The molecule has 0 fully saturated rings. The Morgan fingerprint density at radius 2 is 1.93 bits per heavy atom. The van der Waals surface area contributed by atoms with Gasteiger partial charge in [-0.3, -0.25) is 4.55 Å². The van der Waals surface area contributed by atoms with Crippen molar-refractivity contribution in [3.63, 3.8) is 0 Å². The molecule has 15 heavy (non-hydrogen) atoms. The maximum atomic E-state index is 10.9. The van der Waals surface area contributed by atoms with Crippen LogP contribution in [-0.2, 0) is 10.1 Å². The quantitative estimate of drug-likeness (QED) is 0.532. The lowest BCUT2D eigenvalue weighted by atomic mass is 10.2. The Kier molecular flexibility index (Phi) is 2.20. The molecule has 0 aliphatic carbocycles. The van der Waals surface area contributed by atoms with Gasteiger partial charge in [-0.05, 0) is 6.07 Å². The lowest BCUT2D eigenvalue weighted by molar-refractivity contribution is 0.172. The van der Waals surface area contributed by atoms with Crippen LogP contribution in [0.25, 0.3) is 0 Å². The van der Waals surface area contributed by atoms with Crippen LogP contribution in [0.4, 0.5) is 5.69 Å². The van der Waals surface area contributed by atoms with E-state index in [0.29, 0.717) is 19.0 Å². The third-order valence-electron chi connectivity index (χ3n) is 1.94. The molecule has 1 aromatic rings. The molecule has 0 atom stereocenters. The second-order valence-corrected chi connectivity index (χ2v) is 4.43. The highest BCUT2D eigenvalue weighted by Crippen LogP contribution is 2.38. The first-order valence-electron chi connectivity index (χ1n) is 4.15. The summed E-state index contributed by atoms with van der Waals surface area (Å²) in [5.74, 6) is 0.544. The zero-order valence-corrected chi connectivity index (χ0v) is 8.45. The van der Waals surface area contributed by atoms with Crippen molar-refractivity contribution in [2.45, 2.75) is 4.90 Å². The van der Waals surface area contributed by atoms with Crippen LogP contribution in [-0.4, -0.2) is 26.2 Å². The molecule has 7 heteroatoms. The molecule has 0 unspecified atom stereocenters. The molecule has 1 aliphatic rings. The fourth-order valence-electron chi connectivity index (χ4n) is 1.30. The number of nitrogen functional groups attached to an aromatic ring is 1. The third kappa shape index (κ3) is 1.83. The van der Waals surface area contributed by atoms with E-state index in [2.05, 4.69) is 0 Å². The molecule has 0 bridgehead atoms. The van der Waals surface area contributed by atoms with Crippen LogP contribution in [0.5, 0.6) is 11.5 Å². The fraction of sp³-hybridized carbons (Fsp3) is 0.250. The summed E-state index contributed by atoms with van der Waals surface area (Å²) < 4.78 is 40.9. The molecule has 3 N–H and O–H groups in total. The van der Waals surface area contributed by atoms with Gasteiger partial charge in [-0.25, -0.2) is 0 Å². The first-order valence-corrected chi connectivity index (χ1v) is 5.59. The molecule has 6 nitrogen and oxygen atoms in total. The van der Waals surface area contributed by atoms with Crippen LogP contribution >= 0.6 is 0 Å². The topological polar surface area (TPSA) is 98.9 Å². The van der Waals surface area contributed by atoms with E-state index in [4.69, 9.17) is 19.8 Å². The second kappa shape index (κ2) is 3.28. The predicted octanol–water partition coefficient (Wildman–Crippen LogP) is 0.287. The van der Waals surface area contributed by atoms with Crippen LogP contribution < -0.4 is 15.2 Å². The molecule has 1 heterocycles. The molecular formula is C8H9NO5S. The average Bonchev–Trinajstić information content (AvgIpc) is 2.16. The van der Waals surface area contributed by atoms with E-state index in [0.717, 1.165) is 6.07 Å². The summed E-state index contributed by atoms with van der Waals surface area (Å²) in [6.07, 6.45) is 0. The maximum absolute atomic E-state index is 10.9. The molecule has 1 aromatic carbocycles. The van der Waals surface area contributed by atoms with Gasteiger partial charge in [-0.2, -0.15) is 8.42 Å². The van der Waals surface area contributed by atoms with E-state index >= 15 is 0 Å². The minimum Gasteiger partial charge on any atom is -0.486 e. The van der Waals surface area contributed by atoms with Crippen LogP contribution in [0.2, 0.25) is 0 Å². The highest BCUT2D eigenvalue weighted by molar-refractivity contribution is 7.85. The van der Waals surface area contributed by atoms with Gasteiger partial charge in [0.1, 0.15) is 13.2 Å². The molecule has 2 rings (SSSR count). The number of hydrogen-bond acceptors (Lipinski definition) is 5. The first kappa shape index (κ1) is 10.1. The van der Waals surface area contributed by atoms with Crippen molar-refractivity contribution in [1.82, 2.24) is 0 Å². The summed E-state index contributed by atoms with van der Waals surface area (Å²) in [5, 5.41) is 0. The normalized spacial score (nSPS) is 15.0. The third-order valence-corrected chi connectivity index (χ3v) is 2.77. The smallest absolute Gasteiger partial charge is 0.294 e. The van der Waals surface area contributed by atoms with Crippen molar-refractivity contribution in [2.24, 2.45) is 0 Å². The number of rotatable bonds is 1. The molecule has 0 radical (unpaired) electrons. The van der Waals surface area contributed by atoms with Crippen molar-refractivity contribution in [3.8, 4) is 11.5 Å². The molecule has 0 saturated heterocycles. The molecule has 0 saturated carbocycles. The van der Waals surface area contributed by atoms with Crippen LogP contribution in [0.3, 0.4) is 0 Å². The van der Waals surface area contributed by atoms with E-state index in [-0.39, 0.29) is 16.3 Å². The van der Waals surface area contributed by atoms with Gasteiger partial charge in [-0.15, -0.1) is 0 Å². The summed E-state index contributed by atoms with van der Waals surface area (Å²) in [5.41, 5.74) is 5.68. The van der Waals surface area contributed by atoms with Gasteiger partial charge < -0.3 is 15.2 Å². The number of fused-ring (bicyclic) bond motifs is 1. The highest BCUT2D eigenvalue weighted by Gasteiger charge is 2.20. The van der Waals surface area contributed by atoms with E-state index in [1.165, 1.54) is 6.07 Å². The number of anilines is 1. The zero-order valence-electron chi connectivity index (χ0n) is 7.63. The van der Waals surface area contributed by atoms with Crippen molar-refractivity contribution < 1.29 is 22.4 Å². The van der Waals surface area contributed by atoms with E-state index in [9.17, 15) is 8.42 Å². The molecule has 1 aliphatic heterocycles. The van der Waals surface area contributed by atoms with Gasteiger partial charge in [0.2, 0.25) is 0 Å². The van der Waals surface area contributed by atoms with Crippen LogP contribution in [0.15, 0.2) is 17.0 Å². The van der Waals surface area contributed by atoms with Gasteiger partial charge in [0, 0.05) is 6.07 Å². The lowest BCUT2D eigenvalue weighted by Gasteiger charge is -2.20. The maximum Gasteiger partial charge on any atom is 0.294 e. The Bertz CT molecular complexity index is 496. The van der Waals surface area contributed by atoms with Crippen molar-refractivity contribution in [2.75, 3.05) is 18.9 Å². The van der Waals surface area contributed by atoms with E-state index < -0.39 is 10.1 Å². The Labute approximate surface area is 86.4 Å². The fourth-order valence-corrected chi connectivity index (χ4v) is 1.84. The summed E-state index contributed by atoms with van der Waals surface area (Å²) in [7, 11) is -4.27. The van der Waals surface area contributed by atoms with Crippen molar-refractivity contribution >= 4 is 15.8 Å². The van der Waals surface area contributed by atoms with E-state index in [1.807, 2.05) is 0 Å². The largest absolute Gasteiger partial charge is 0.486 e. The van der Waals surface area contributed by atoms with Crippen molar-refractivity contribution in [1.29, 1.82) is 0 Å². The van der Waals surface area contributed by atoms with Crippen LogP contribution in [0, 0.1) is 0 Å². The minimum absolute atomic E-state index is 0.125. The SMILES string of the molecule is Nc1cc(S(=O)(=O)O)cc2c1OCCO2. The number of ether oxygens (including phenoxy) is 2. The Morgan fingerprint density at radius 1 is 1.27 bits per heavy atom. The van der Waals surface area contributed by atoms with Gasteiger partial charge in [-0.1, -0.05) is 0 Å². The van der Waals surface area contributed by atoms with Crippen LogP contribution in [0.1, 0.15) is 0 Å². The molecular weight excluding hydrogens is 222 g/mol. The second-order valence-electron chi connectivity index (χ2n) is 3.01. The number of hydrogen-bond donors (Lipinski definition) is 2. The Morgan fingerprint density at radius 3 is 2.60 bits per heavy atom. The van der Waals surface area contributed by atoms with Crippen molar-refractivity contribution in [3.05, 3.63) is 12.1 Å². The minimum atomic E-state index is -4.27. The average molecular weight is 231 g/mol. The number of benzene rings is 1. The van der Waals surface area contributed by atoms with E-state index in [1.54, 1.807) is 0 Å². The predicted molar refractivity (Wildman–Crippen MR) is 51.7 cm³/mol.